The number of rotatable bonds is 1. The van der Waals surface area contributed by atoms with Crippen LogP contribution >= 0.6 is 12.6 Å². The van der Waals surface area contributed by atoms with Gasteiger partial charge in [0.05, 0.1) is 0 Å². The molecule has 0 atom stereocenters. The van der Waals surface area contributed by atoms with E-state index in [0.717, 1.165) is 12.2 Å². The molecule has 0 saturated carbocycles. The molecule has 0 amide bonds. The topological polar surface area (TPSA) is 0 Å². The molecule has 0 aromatic carbocycles. The van der Waals surface area contributed by atoms with Gasteiger partial charge in [-0.1, -0.05) is 0 Å². The zero-order valence-corrected chi connectivity index (χ0v) is 5.52. The molecule has 0 spiro atoms. The van der Waals surface area contributed by atoms with Gasteiger partial charge >= 0.3 is 0 Å². The van der Waals surface area contributed by atoms with Gasteiger partial charge in [-0.2, -0.15) is 19.0 Å². The maximum absolute atomic E-state index is 3.86. The zero-order valence-electron chi connectivity index (χ0n) is 3.07. The molecule has 0 aromatic rings. The van der Waals surface area contributed by atoms with Gasteiger partial charge in [0.25, 0.3) is 0 Å². The maximum atomic E-state index is 3.86. The zero-order chi connectivity index (χ0) is 3.41. The second kappa shape index (κ2) is 8.91. The van der Waals surface area contributed by atoms with Crippen molar-refractivity contribution in [1.82, 2.24) is 0 Å². The van der Waals surface area contributed by atoms with Crippen molar-refractivity contribution in [2.45, 2.75) is 6.42 Å². The first kappa shape index (κ1) is 9.42. The molecule has 2 heteroatoms. The normalized spacial score (nSPS) is 6.00. The van der Waals surface area contributed by atoms with Crippen molar-refractivity contribution < 1.29 is 21.7 Å². The second-order valence-corrected chi connectivity index (χ2v) is 1.02. The summed E-state index contributed by atoms with van der Waals surface area (Å²) >= 11 is 3.86. The predicted molar refractivity (Wildman–Crippen MR) is 23.8 cm³/mol. The Morgan fingerprint density at radius 2 is 1.80 bits per heavy atom. The summed E-state index contributed by atoms with van der Waals surface area (Å²) in [5, 5.41) is 0. The molecule has 0 radical (unpaired) electrons. The summed E-state index contributed by atoms with van der Waals surface area (Å²) in [6, 6.07) is 0. The van der Waals surface area contributed by atoms with Gasteiger partial charge in [0.15, 0.2) is 0 Å². The van der Waals surface area contributed by atoms with Crippen molar-refractivity contribution in [3.63, 3.8) is 0 Å². The molecule has 5 heavy (non-hydrogen) atoms. The summed E-state index contributed by atoms with van der Waals surface area (Å²) in [7, 11) is 0. The maximum Gasteiger partial charge on any atom is 0 e. The van der Waals surface area contributed by atoms with Crippen LogP contribution in [0.5, 0.6) is 0 Å². The van der Waals surface area contributed by atoms with E-state index in [2.05, 4.69) is 19.6 Å². The van der Waals surface area contributed by atoms with Gasteiger partial charge in [-0.05, 0) is 5.75 Å². The molecular weight excluding hydrogens is 116 g/mol. The van der Waals surface area contributed by atoms with Crippen LogP contribution in [0.15, 0.2) is 0 Å². The van der Waals surface area contributed by atoms with E-state index in [9.17, 15) is 0 Å². The average molecular weight is 123 g/mol. The van der Waals surface area contributed by atoms with Gasteiger partial charge in [0.1, 0.15) is 0 Å². The SMILES string of the molecule is [CH2-]CCS.[Ti]. The molecule has 0 bridgehead atoms. The smallest absolute Gasteiger partial charge is 0 e. The van der Waals surface area contributed by atoms with Crippen molar-refractivity contribution in [1.29, 1.82) is 0 Å². The Hall–Kier alpha value is 1.06. The quantitative estimate of drug-likeness (QED) is 0.301. The van der Waals surface area contributed by atoms with Crippen LogP contribution in [0.2, 0.25) is 0 Å². The largest absolute Gasteiger partial charge is 0.343 e. The molecule has 0 N–H and O–H groups in total. The molecule has 30 valence electrons. The molecule has 0 rings (SSSR count). The van der Waals surface area contributed by atoms with Crippen molar-refractivity contribution in [2.24, 2.45) is 0 Å². The Bertz CT molecular complexity index is 8.85. The van der Waals surface area contributed by atoms with Gasteiger partial charge in [-0.15, -0.1) is 0 Å². The van der Waals surface area contributed by atoms with Crippen LogP contribution in [0.25, 0.3) is 0 Å². The summed E-state index contributed by atoms with van der Waals surface area (Å²) in [6.07, 6.45) is 0.934. The minimum Gasteiger partial charge on any atom is -0.343 e. The summed E-state index contributed by atoms with van der Waals surface area (Å²) in [5.74, 6) is 0.903. The molecule has 0 aliphatic heterocycles. The minimum atomic E-state index is 0. The van der Waals surface area contributed by atoms with Gasteiger partial charge < -0.3 is 6.92 Å². The predicted octanol–water partition coefficient (Wildman–Crippen LogP) is 1.14. The van der Waals surface area contributed by atoms with Crippen LogP contribution in [0.4, 0.5) is 0 Å². The number of hydrogen-bond acceptors (Lipinski definition) is 1. The third-order valence-electron chi connectivity index (χ3n) is 0.158. The standard InChI is InChI=1S/C3H7S.Ti/c1-2-3-4;/h4H,1-3H2;/q-1;. The summed E-state index contributed by atoms with van der Waals surface area (Å²) in [6.45, 7) is 3.53. The molecule has 0 heterocycles. The number of hydrogen-bond donors (Lipinski definition) is 1. The van der Waals surface area contributed by atoms with Gasteiger partial charge in [0, 0.05) is 21.7 Å². The second-order valence-electron chi connectivity index (χ2n) is 0.577. The third-order valence-corrected chi connectivity index (χ3v) is 0.474. The molecule has 0 aliphatic rings. The van der Waals surface area contributed by atoms with E-state index < -0.39 is 0 Å². The summed E-state index contributed by atoms with van der Waals surface area (Å²) in [4.78, 5) is 0. The van der Waals surface area contributed by atoms with E-state index in [1.807, 2.05) is 0 Å². The van der Waals surface area contributed by atoms with Crippen LogP contribution in [0.3, 0.4) is 0 Å². The van der Waals surface area contributed by atoms with E-state index >= 15 is 0 Å². The molecule has 0 unspecified atom stereocenters. The fourth-order valence-electron chi connectivity index (χ4n) is 0. The minimum absolute atomic E-state index is 0. The van der Waals surface area contributed by atoms with Crippen LogP contribution in [0, 0.1) is 6.92 Å². The van der Waals surface area contributed by atoms with E-state index in [0.29, 0.717) is 0 Å². The Morgan fingerprint density at radius 1 is 1.60 bits per heavy atom. The van der Waals surface area contributed by atoms with Crippen molar-refractivity contribution in [3.05, 3.63) is 6.92 Å². The van der Waals surface area contributed by atoms with Crippen LogP contribution in [-0.2, 0) is 21.7 Å². The van der Waals surface area contributed by atoms with Crippen molar-refractivity contribution in [3.8, 4) is 0 Å². The molecule has 0 nitrogen and oxygen atoms in total. The Kier molecular flexibility index (Phi) is 16.8. The molecule has 0 fully saturated rings. The third kappa shape index (κ3) is 11.2. The summed E-state index contributed by atoms with van der Waals surface area (Å²) in [5.41, 5.74) is 0. The van der Waals surface area contributed by atoms with E-state index in [4.69, 9.17) is 0 Å². The van der Waals surface area contributed by atoms with Crippen LogP contribution in [-0.4, -0.2) is 5.75 Å². The average Bonchev–Trinajstić information content (AvgIpc) is 1.37. The van der Waals surface area contributed by atoms with Crippen LogP contribution in [0.1, 0.15) is 6.42 Å². The van der Waals surface area contributed by atoms with Crippen molar-refractivity contribution in [2.75, 3.05) is 5.75 Å². The fourth-order valence-corrected chi connectivity index (χ4v) is 0. The Balaban J connectivity index is 0. The first-order valence-electron chi connectivity index (χ1n) is 1.32. The molecule has 0 saturated heterocycles. The van der Waals surface area contributed by atoms with Gasteiger partial charge in [-0.25, -0.2) is 0 Å². The molecule has 0 aromatic heterocycles. The number of thiol groups is 1. The van der Waals surface area contributed by atoms with Gasteiger partial charge in [-0.3, -0.25) is 0 Å². The Morgan fingerprint density at radius 3 is 1.80 bits per heavy atom. The summed E-state index contributed by atoms with van der Waals surface area (Å²) < 4.78 is 0. The van der Waals surface area contributed by atoms with E-state index in [-0.39, 0.29) is 21.7 Å². The molecule has 0 aliphatic carbocycles. The Labute approximate surface area is 53.6 Å². The van der Waals surface area contributed by atoms with E-state index in [1.165, 1.54) is 0 Å². The van der Waals surface area contributed by atoms with Crippen LogP contribution < -0.4 is 0 Å². The monoisotopic (exact) mass is 123 g/mol. The van der Waals surface area contributed by atoms with Crippen molar-refractivity contribution >= 4 is 12.6 Å². The molecular formula is C3H7STi-. The fraction of sp³-hybridized carbons (Fsp3) is 0.667. The first-order valence-corrected chi connectivity index (χ1v) is 1.95. The van der Waals surface area contributed by atoms with E-state index in [1.54, 1.807) is 0 Å². The van der Waals surface area contributed by atoms with Gasteiger partial charge in [0.2, 0.25) is 0 Å². The first-order chi connectivity index (χ1) is 1.91.